The molecule has 5 rings (SSSR count). The van der Waals surface area contributed by atoms with Crippen LogP contribution in [0.1, 0.15) is 20.3 Å². The van der Waals surface area contributed by atoms with Crippen molar-refractivity contribution in [3.8, 4) is 0 Å². The number of hydrogen-bond donors (Lipinski definition) is 1. The summed E-state index contributed by atoms with van der Waals surface area (Å²) in [5.41, 5.74) is 7.85. The van der Waals surface area contributed by atoms with Crippen molar-refractivity contribution in [2.45, 2.75) is 26.3 Å². The van der Waals surface area contributed by atoms with Crippen LogP contribution in [-0.4, -0.2) is 96.6 Å². The van der Waals surface area contributed by atoms with Crippen LogP contribution in [0.5, 0.6) is 0 Å². The van der Waals surface area contributed by atoms with Gasteiger partial charge in [-0.05, 0) is 42.0 Å². The second-order valence-corrected chi connectivity index (χ2v) is 15.2. The highest BCUT2D eigenvalue weighted by atomic mass is 32.2. The van der Waals surface area contributed by atoms with Crippen LogP contribution in [-0.2, 0) is 19.7 Å². The average molecular weight is 499 g/mol. The van der Waals surface area contributed by atoms with Crippen molar-refractivity contribution in [2.75, 3.05) is 78.6 Å². The monoisotopic (exact) mass is 498 g/mol. The van der Waals surface area contributed by atoms with Gasteiger partial charge in [-0.15, -0.1) is 0 Å². The van der Waals surface area contributed by atoms with E-state index in [1.54, 1.807) is 0 Å². The minimum Gasteiger partial charge on any atom is -0.369 e. The zero-order valence-corrected chi connectivity index (χ0v) is 21.5. The predicted molar refractivity (Wildman–Crippen MR) is 134 cm³/mol. The molecule has 4 fully saturated rings. The topological polar surface area (TPSA) is 104 Å². The van der Waals surface area contributed by atoms with E-state index < -0.39 is 19.7 Å². The predicted octanol–water partition coefficient (Wildman–Crippen LogP) is 0.832. The minimum absolute atomic E-state index is 0.0562. The third-order valence-electron chi connectivity index (χ3n) is 7.53. The van der Waals surface area contributed by atoms with Crippen molar-refractivity contribution in [1.29, 1.82) is 0 Å². The molecular formula is C23H38N4O4S2. The molecule has 4 heterocycles. The highest BCUT2D eigenvalue weighted by molar-refractivity contribution is 7.91. The molecule has 2 bridgehead atoms. The second kappa shape index (κ2) is 9.36. The van der Waals surface area contributed by atoms with Gasteiger partial charge in [-0.25, -0.2) is 16.8 Å². The lowest BCUT2D eigenvalue weighted by molar-refractivity contribution is 0.191. The first-order valence-corrected chi connectivity index (χ1v) is 15.6. The number of nitrogens with two attached hydrogens (primary N) is 1. The van der Waals surface area contributed by atoms with Crippen LogP contribution in [0.2, 0.25) is 0 Å². The van der Waals surface area contributed by atoms with Gasteiger partial charge in [0.2, 0.25) is 0 Å². The Morgan fingerprint density at radius 2 is 1.64 bits per heavy atom. The van der Waals surface area contributed by atoms with Crippen LogP contribution >= 0.6 is 0 Å². The molecule has 2 atom stereocenters. The average Bonchev–Trinajstić information content (AvgIpc) is 2.99. The molecule has 10 heteroatoms. The van der Waals surface area contributed by atoms with Gasteiger partial charge in [0.05, 0.1) is 23.0 Å². The zero-order chi connectivity index (χ0) is 23.9. The van der Waals surface area contributed by atoms with E-state index in [-0.39, 0.29) is 35.0 Å². The van der Waals surface area contributed by atoms with Crippen molar-refractivity contribution < 1.29 is 16.8 Å². The molecule has 0 aromatic heterocycles. The molecule has 4 aliphatic heterocycles. The summed E-state index contributed by atoms with van der Waals surface area (Å²) in [7, 11) is -5.99. The maximum Gasteiger partial charge on any atom is 0.153 e. The van der Waals surface area contributed by atoms with E-state index in [0.29, 0.717) is 31.6 Å². The van der Waals surface area contributed by atoms with Gasteiger partial charge in [0.25, 0.3) is 0 Å². The van der Waals surface area contributed by atoms with E-state index >= 15 is 0 Å². The molecular weight excluding hydrogens is 460 g/mol. The van der Waals surface area contributed by atoms with Gasteiger partial charge in [-0.2, -0.15) is 0 Å². The summed E-state index contributed by atoms with van der Waals surface area (Å²) in [5, 5.41) is 0. The summed E-state index contributed by atoms with van der Waals surface area (Å²) in [5.74, 6) is 1.15. The smallest absolute Gasteiger partial charge is 0.153 e. The SMILES string of the molecule is CC1(C)C[C@@H]2CN(CCS(=O)(=O)CCN)CC1N(c1ccc(N3CCS(=O)(=O)CC3)cc1)C2. The van der Waals surface area contributed by atoms with Gasteiger partial charge in [-0.1, -0.05) is 13.8 Å². The first-order chi connectivity index (χ1) is 15.5. The number of benzene rings is 1. The van der Waals surface area contributed by atoms with Crippen LogP contribution in [0.3, 0.4) is 0 Å². The van der Waals surface area contributed by atoms with Crippen molar-refractivity contribution >= 4 is 31.0 Å². The third kappa shape index (κ3) is 5.83. The number of rotatable bonds is 7. The molecule has 0 aliphatic carbocycles. The van der Waals surface area contributed by atoms with Crippen LogP contribution in [0.15, 0.2) is 24.3 Å². The third-order valence-corrected chi connectivity index (χ3v) is 10.8. The van der Waals surface area contributed by atoms with Crippen molar-refractivity contribution in [3.63, 3.8) is 0 Å². The van der Waals surface area contributed by atoms with Gasteiger partial charge in [0.1, 0.15) is 0 Å². The molecule has 1 aromatic rings. The van der Waals surface area contributed by atoms with E-state index in [1.165, 1.54) is 5.69 Å². The quantitative estimate of drug-likeness (QED) is 0.590. The fourth-order valence-corrected chi connectivity index (χ4v) is 8.07. The van der Waals surface area contributed by atoms with Crippen LogP contribution < -0.4 is 15.5 Å². The first-order valence-electron chi connectivity index (χ1n) is 11.9. The second-order valence-electron chi connectivity index (χ2n) is 10.6. The number of anilines is 2. The summed E-state index contributed by atoms with van der Waals surface area (Å²) in [6.07, 6.45) is 1.14. The molecule has 33 heavy (non-hydrogen) atoms. The lowest BCUT2D eigenvalue weighted by atomic mass is 9.73. The van der Waals surface area contributed by atoms with Crippen LogP contribution in [0, 0.1) is 11.3 Å². The molecule has 0 saturated carbocycles. The first kappa shape index (κ1) is 24.8. The highest BCUT2D eigenvalue weighted by Gasteiger charge is 2.45. The Labute approximate surface area is 198 Å². The molecule has 2 N–H and O–H groups in total. The normalized spacial score (nSPS) is 27.5. The number of sulfone groups is 2. The van der Waals surface area contributed by atoms with E-state index in [2.05, 4.69) is 52.8 Å². The van der Waals surface area contributed by atoms with Gasteiger partial charge < -0.3 is 15.5 Å². The summed E-state index contributed by atoms with van der Waals surface area (Å²) in [4.78, 5) is 6.99. The van der Waals surface area contributed by atoms with Crippen LogP contribution in [0.25, 0.3) is 0 Å². The zero-order valence-electron chi connectivity index (χ0n) is 19.8. The Balaban J connectivity index is 1.47. The molecule has 186 valence electrons. The lowest BCUT2D eigenvalue weighted by Crippen LogP contribution is -2.54. The number of hydrogen-bond acceptors (Lipinski definition) is 8. The van der Waals surface area contributed by atoms with Crippen LogP contribution in [0.4, 0.5) is 11.4 Å². The number of nitrogens with zero attached hydrogens (tertiary/aromatic N) is 3. The molecule has 0 amide bonds. The molecule has 4 saturated heterocycles. The molecule has 0 radical (unpaired) electrons. The highest BCUT2D eigenvalue weighted by Crippen LogP contribution is 2.43. The van der Waals surface area contributed by atoms with Gasteiger partial charge >= 0.3 is 0 Å². The summed E-state index contributed by atoms with van der Waals surface area (Å²) >= 11 is 0. The Bertz CT molecular complexity index is 1030. The summed E-state index contributed by atoms with van der Waals surface area (Å²) in [6, 6.07) is 8.84. The minimum atomic E-state index is -3.10. The molecule has 0 spiro atoms. The van der Waals surface area contributed by atoms with Crippen molar-refractivity contribution in [1.82, 2.24) is 4.90 Å². The summed E-state index contributed by atoms with van der Waals surface area (Å²) in [6.45, 7) is 9.25. The fourth-order valence-electron chi connectivity index (χ4n) is 5.77. The molecule has 1 unspecified atom stereocenters. The lowest BCUT2D eigenvalue weighted by Gasteiger charge is -2.48. The molecule has 8 nitrogen and oxygen atoms in total. The van der Waals surface area contributed by atoms with E-state index in [0.717, 1.165) is 31.7 Å². The Morgan fingerprint density at radius 1 is 1.00 bits per heavy atom. The standard InChI is InChI=1S/C23H38N4O4S2/c1-23(2)15-19-16-25(8-12-32(28,29)11-7-24)18-22(23)27(17-19)21-5-3-20(4-6-21)26-9-13-33(30,31)14-10-26/h3-6,19,22H,7-18,24H2,1-2H3/t19-,22?/m1/s1. The van der Waals surface area contributed by atoms with Gasteiger partial charge in [-0.3, -0.25) is 4.90 Å². The number of piperidine rings is 1. The largest absolute Gasteiger partial charge is 0.369 e. The van der Waals surface area contributed by atoms with Gasteiger partial charge in [0, 0.05) is 63.2 Å². The molecule has 4 aliphatic rings. The number of fused-ring (bicyclic) bond motifs is 4. The molecule has 1 aromatic carbocycles. The van der Waals surface area contributed by atoms with Gasteiger partial charge in [0.15, 0.2) is 19.7 Å². The van der Waals surface area contributed by atoms with E-state index in [1.807, 2.05) is 0 Å². The summed E-state index contributed by atoms with van der Waals surface area (Å²) < 4.78 is 47.9. The fraction of sp³-hybridized carbons (Fsp3) is 0.739. The van der Waals surface area contributed by atoms with E-state index in [9.17, 15) is 16.8 Å². The maximum atomic E-state index is 12.2. The Kier molecular flexibility index (Phi) is 7.02. The maximum absolute atomic E-state index is 12.2. The Hall–Kier alpha value is -1.36. The van der Waals surface area contributed by atoms with Crippen molar-refractivity contribution in [2.24, 2.45) is 17.1 Å². The Morgan fingerprint density at radius 3 is 2.27 bits per heavy atom. The van der Waals surface area contributed by atoms with E-state index in [4.69, 9.17) is 5.73 Å². The van der Waals surface area contributed by atoms with Crippen molar-refractivity contribution in [3.05, 3.63) is 24.3 Å².